The number of hydrogen-bond acceptors (Lipinski definition) is 2. The van der Waals surface area contributed by atoms with E-state index in [1.807, 2.05) is 0 Å². The maximum atomic E-state index is 11.3. The summed E-state index contributed by atoms with van der Waals surface area (Å²) < 4.78 is 32.1. The summed E-state index contributed by atoms with van der Waals surface area (Å²) in [6.07, 6.45) is 0. The maximum absolute atomic E-state index is 11.3. The minimum absolute atomic E-state index is 0.448. The van der Waals surface area contributed by atoms with Crippen molar-refractivity contribution in [2.75, 3.05) is 24.8 Å². The summed E-state index contributed by atoms with van der Waals surface area (Å²) in [6, 6.07) is 0. The molecule has 0 aromatic carbocycles. The lowest BCUT2D eigenvalue weighted by Crippen LogP contribution is -2.14. The van der Waals surface area contributed by atoms with E-state index in [1.54, 1.807) is 0 Å². The molecule has 5 heteroatoms. The number of hydrogen-bond donors (Lipinski definition) is 0. The Labute approximate surface area is 53.4 Å². The molecule has 0 aliphatic heterocycles. The molecule has 0 unspecified atom stereocenters. The standard InChI is InChI=1S/C4H8FO3S/c5-1-3-9(7,8)4-2-6/h1-4H2. The molecule has 0 N–H and O–H groups in total. The molecule has 0 saturated heterocycles. The molecule has 0 aliphatic carbocycles. The molecule has 0 saturated carbocycles. The van der Waals surface area contributed by atoms with Crippen LogP contribution in [0.15, 0.2) is 0 Å². The van der Waals surface area contributed by atoms with Gasteiger partial charge in [-0.2, -0.15) is 0 Å². The van der Waals surface area contributed by atoms with Gasteiger partial charge in [-0.05, 0) is 0 Å². The van der Waals surface area contributed by atoms with E-state index in [9.17, 15) is 17.9 Å². The van der Waals surface area contributed by atoms with Crippen molar-refractivity contribution in [3.05, 3.63) is 0 Å². The van der Waals surface area contributed by atoms with Gasteiger partial charge in [0.25, 0.3) is 0 Å². The van der Waals surface area contributed by atoms with Gasteiger partial charge in [-0.15, -0.1) is 0 Å². The summed E-state index contributed by atoms with van der Waals surface area (Å²) in [5, 5.41) is 9.72. The average molecular weight is 155 g/mol. The molecule has 0 aromatic rings. The maximum Gasteiger partial charge on any atom is 0.155 e. The Bertz CT molecular complexity index is 139. The van der Waals surface area contributed by atoms with Crippen molar-refractivity contribution in [1.82, 2.24) is 0 Å². The lowest BCUT2D eigenvalue weighted by atomic mass is 10.9. The van der Waals surface area contributed by atoms with Crippen LogP contribution < -0.4 is 0 Å². The number of alkyl halides is 1. The molecule has 0 rings (SSSR count). The zero-order valence-corrected chi connectivity index (χ0v) is 5.66. The van der Waals surface area contributed by atoms with Gasteiger partial charge in [-0.25, -0.2) is 17.9 Å². The Balaban J connectivity index is 3.73. The van der Waals surface area contributed by atoms with Gasteiger partial charge < -0.3 is 0 Å². The van der Waals surface area contributed by atoms with Gasteiger partial charge in [-0.3, -0.25) is 0 Å². The quantitative estimate of drug-likeness (QED) is 0.564. The smallest absolute Gasteiger partial charge is 0.155 e. The van der Waals surface area contributed by atoms with E-state index < -0.39 is 34.6 Å². The second kappa shape index (κ2) is 3.79. The average Bonchev–Trinajstić information content (AvgIpc) is 1.64. The Kier molecular flexibility index (Phi) is 3.72. The van der Waals surface area contributed by atoms with Crippen molar-refractivity contribution in [2.24, 2.45) is 0 Å². The lowest BCUT2D eigenvalue weighted by Gasteiger charge is -1.94. The molecule has 0 fully saturated rings. The van der Waals surface area contributed by atoms with E-state index in [-0.39, 0.29) is 0 Å². The third-order valence-electron chi connectivity index (χ3n) is 0.782. The highest BCUT2D eigenvalue weighted by molar-refractivity contribution is 7.91. The van der Waals surface area contributed by atoms with Gasteiger partial charge in [0.1, 0.15) is 6.67 Å². The Morgan fingerprint density at radius 1 is 1.22 bits per heavy atom. The first-order chi connectivity index (χ1) is 4.12. The molecule has 1 radical (unpaired) electrons. The summed E-state index contributed by atoms with van der Waals surface area (Å²) in [6.45, 7) is -1.58. The van der Waals surface area contributed by atoms with Gasteiger partial charge in [0.2, 0.25) is 0 Å². The van der Waals surface area contributed by atoms with Crippen LogP contribution in [0.3, 0.4) is 0 Å². The lowest BCUT2D eigenvalue weighted by molar-refractivity contribution is 0.213. The van der Waals surface area contributed by atoms with Gasteiger partial charge in [-0.1, -0.05) is 0 Å². The van der Waals surface area contributed by atoms with Crippen LogP contribution in [0.5, 0.6) is 0 Å². The topological polar surface area (TPSA) is 54.0 Å². The zero-order valence-electron chi connectivity index (χ0n) is 4.84. The Morgan fingerprint density at radius 2 is 1.78 bits per heavy atom. The molecule has 3 nitrogen and oxygen atoms in total. The fraction of sp³-hybridized carbons (Fsp3) is 1.00. The fourth-order valence-electron chi connectivity index (χ4n) is 0.347. The normalized spacial score (nSPS) is 11.8. The summed E-state index contributed by atoms with van der Waals surface area (Å²) in [4.78, 5) is 0. The molecule has 0 atom stereocenters. The van der Waals surface area contributed by atoms with Crippen LogP contribution in [0.4, 0.5) is 4.39 Å². The van der Waals surface area contributed by atoms with E-state index in [0.717, 1.165) is 0 Å². The van der Waals surface area contributed by atoms with Crippen LogP contribution >= 0.6 is 0 Å². The van der Waals surface area contributed by atoms with Crippen LogP contribution in [0.25, 0.3) is 0 Å². The minimum atomic E-state index is -3.37. The van der Waals surface area contributed by atoms with Crippen molar-refractivity contribution in [3.8, 4) is 0 Å². The summed E-state index contributed by atoms with van der Waals surface area (Å²) in [5.41, 5.74) is 0. The number of halogens is 1. The fourth-order valence-corrected chi connectivity index (χ4v) is 1.04. The van der Waals surface area contributed by atoms with Crippen molar-refractivity contribution < 1.29 is 17.9 Å². The van der Waals surface area contributed by atoms with Crippen molar-refractivity contribution in [3.63, 3.8) is 0 Å². The van der Waals surface area contributed by atoms with E-state index in [4.69, 9.17) is 0 Å². The summed E-state index contributed by atoms with van der Waals surface area (Å²) >= 11 is 0. The van der Waals surface area contributed by atoms with Crippen LogP contribution in [0.2, 0.25) is 0 Å². The first-order valence-corrected chi connectivity index (χ1v) is 4.29. The van der Waals surface area contributed by atoms with E-state index in [0.29, 0.717) is 0 Å². The third kappa shape index (κ3) is 4.35. The number of rotatable bonds is 4. The monoisotopic (exact) mass is 155 g/mol. The van der Waals surface area contributed by atoms with E-state index in [2.05, 4.69) is 0 Å². The molecule has 0 bridgehead atoms. The van der Waals surface area contributed by atoms with Crippen LogP contribution in [-0.4, -0.2) is 33.2 Å². The van der Waals surface area contributed by atoms with Gasteiger partial charge in [0.05, 0.1) is 18.1 Å². The van der Waals surface area contributed by atoms with E-state index >= 15 is 0 Å². The molecule has 0 heterocycles. The molecule has 0 spiro atoms. The second-order valence-electron chi connectivity index (χ2n) is 1.54. The molecular formula is C4H8FO3S. The third-order valence-corrected chi connectivity index (χ3v) is 2.35. The summed E-state index contributed by atoms with van der Waals surface area (Å²) in [7, 11) is -3.37. The molecule has 0 aromatic heterocycles. The highest BCUT2D eigenvalue weighted by atomic mass is 32.2. The number of sulfone groups is 1. The van der Waals surface area contributed by atoms with Crippen molar-refractivity contribution >= 4 is 9.84 Å². The first kappa shape index (κ1) is 8.84. The van der Waals surface area contributed by atoms with Gasteiger partial charge in [0.15, 0.2) is 9.84 Å². The van der Waals surface area contributed by atoms with Crippen molar-refractivity contribution in [1.29, 1.82) is 0 Å². The molecule has 0 aliphatic rings. The van der Waals surface area contributed by atoms with Gasteiger partial charge >= 0.3 is 0 Å². The SMILES string of the molecule is [O]CCS(=O)(=O)CCF. The minimum Gasteiger partial charge on any atom is -0.250 e. The van der Waals surface area contributed by atoms with Crippen molar-refractivity contribution in [2.45, 2.75) is 0 Å². The summed E-state index contributed by atoms with van der Waals surface area (Å²) in [5.74, 6) is -0.966. The molecule has 0 amide bonds. The Morgan fingerprint density at radius 3 is 2.11 bits per heavy atom. The van der Waals surface area contributed by atoms with Crippen LogP contribution in [0, 0.1) is 0 Å². The van der Waals surface area contributed by atoms with Gasteiger partial charge in [0, 0.05) is 0 Å². The highest BCUT2D eigenvalue weighted by Gasteiger charge is 2.08. The molecular weight excluding hydrogens is 147 g/mol. The molecule has 9 heavy (non-hydrogen) atoms. The van der Waals surface area contributed by atoms with Crippen LogP contribution in [-0.2, 0) is 14.9 Å². The zero-order chi connectivity index (χ0) is 7.33. The van der Waals surface area contributed by atoms with E-state index in [1.165, 1.54) is 0 Å². The predicted octanol–water partition coefficient (Wildman–Crippen LogP) is -0.199. The Hall–Kier alpha value is -0.160. The predicted molar refractivity (Wildman–Crippen MR) is 30.2 cm³/mol. The second-order valence-corrected chi connectivity index (χ2v) is 3.85. The largest absolute Gasteiger partial charge is 0.250 e. The van der Waals surface area contributed by atoms with Crippen LogP contribution in [0.1, 0.15) is 0 Å². The molecule has 55 valence electrons. The first-order valence-electron chi connectivity index (χ1n) is 2.47. The highest BCUT2D eigenvalue weighted by Crippen LogP contribution is 1.88.